The minimum atomic E-state index is 1.07. The van der Waals surface area contributed by atoms with Crippen LogP contribution in [0.2, 0.25) is 0 Å². The van der Waals surface area contributed by atoms with Crippen molar-refractivity contribution in [1.29, 1.82) is 0 Å². The quantitative estimate of drug-likeness (QED) is 0.0986. The zero-order chi connectivity index (χ0) is 39.8. The average molecular weight is 757 g/mol. The third-order valence-electron chi connectivity index (χ3n) is 11.4. The molecule has 0 spiro atoms. The van der Waals surface area contributed by atoms with E-state index >= 15 is 0 Å². The van der Waals surface area contributed by atoms with E-state index in [2.05, 4.69) is 207 Å². The van der Waals surface area contributed by atoms with Gasteiger partial charge in [0, 0.05) is 22.5 Å². The third-order valence-corrected chi connectivity index (χ3v) is 11.4. The number of hydrogen-bond donors (Lipinski definition) is 0. The van der Waals surface area contributed by atoms with Crippen LogP contribution in [0.15, 0.2) is 170 Å². The second-order valence-electron chi connectivity index (χ2n) is 15.7. The van der Waals surface area contributed by atoms with Gasteiger partial charge in [0.2, 0.25) is 0 Å². The van der Waals surface area contributed by atoms with E-state index < -0.39 is 0 Å². The van der Waals surface area contributed by atoms with Crippen LogP contribution in [-0.2, 0) is 25.7 Å². The Morgan fingerprint density at radius 3 is 0.862 bits per heavy atom. The van der Waals surface area contributed by atoms with Crippen LogP contribution in [0, 0.1) is 0 Å². The first kappa shape index (κ1) is 38.7. The molecule has 8 aromatic rings. The molecule has 290 valence electrons. The monoisotopic (exact) mass is 756 g/mol. The van der Waals surface area contributed by atoms with Crippen LogP contribution < -0.4 is 0 Å². The van der Waals surface area contributed by atoms with Crippen molar-refractivity contribution in [3.8, 4) is 67.5 Å². The van der Waals surface area contributed by atoms with Crippen LogP contribution in [0.4, 0.5) is 0 Å². The van der Waals surface area contributed by atoms with Crippen LogP contribution in [0.1, 0.15) is 75.6 Å². The lowest BCUT2D eigenvalue weighted by atomic mass is 9.96. The Hall–Kier alpha value is -6.12. The van der Waals surface area contributed by atoms with Crippen molar-refractivity contribution in [2.24, 2.45) is 0 Å². The molecule has 0 unspecified atom stereocenters. The maximum Gasteiger partial charge on any atom is 0.0614 e. The second-order valence-corrected chi connectivity index (χ2v) is 15.7. The molecule has 6 aromatic carbocycles. The van der Waals surface area contributed by atoms with Gasteiger partial charge in [-0.15, -0.1) is 0 Å². The molecule has 8 rings (SSSR count). The van der Waals surface area contributed by atoms with Gasteiger partial charge in [-0.2, -0.15) is 0 Å². The normalized spacial score (nSPS) is 11.3. The van der Waals surface area contributed by atoms with E-state index in [0.717, 1.165) is 62.7 Å². The Balaban J connectivity index is 1.49. The Bertz CT molecular complexity index is 2350. The topological polar surface area (TPSA) is 9.86 Å². The van der Waals surface area contributed by atoms with Gasteiger partial charge >= 0.3 is 0 Å². The molecular weight excluding hydrogens is 701 g/mol. The van der Waals surface area contributed by atoms with Gasteiger partial charge in [-0.05, 0) is 107 Å². The lowest BCUT2D eigenvalue weighted by Gasteiger charge is -2.18. The number of aromatic nitrogens is 2. The minimum Gasteiger partial charge on any atom is -0.309 e. The smallest absolute Gasteiger partial charge is 0.0614 e. The summed E-state index contributed by atoms with van der Waals surface area (Å²) in [4.78, 5) is 0. The number of hydrogen-bond acceptors (Lipinski definition) is 0. The molecule has 0 saturated carbocycles. The molecule has 0 amide bonds. The van der Waals surface area contributed by atoms with E-state index in [1.54, 1.807) is 0 Å². The molecule has 0 fully saturated rings. The molecule has 2 aromatic heterocycles. The largest absolute Gasteiger partial charge is 0.309 e. The van der Waals surface area contributed by atoms with Crippen molar-refractivity contribution in [1.82, 2.24) is 9.13 Å². The first-order valence-electron chi connectivity index (χ1n) is 21.6. The molecule has 2 nitrogen and oxygen atoms in total. The van der Waals surface area contributed by atoms with Gasteiger partial charge < -0.3 is 9.13 Å². The number of para-hydroxylation sites is 2. The van der Waals surface area contributed by atoms with Gasteiger partial charge in [-0.1, -0.05) is 187 Å². The molecule has 0 aliphatic carbocycles. The van der Waals surface area contributed by atoms with E-state index in [0.29, 0.717) is 0 Å². The van der Waals surface area contributed by atoms with Crippen molar-refractivity contribution in [3.63, 3.8) is 0 Å². The van der Waals surface area contributed by atoms with Crippen molar-refractivity contribution >= 4 is 0 Å². The van der Waals surface area contributed by atoms with E-state index in [9.17, 15) is 0 Å². The van der Waals surface area contributed by atoms with Crippen molar-refractivity contribution < 1.29 is 0 Å². The molecule has 0 saturated heterocycles. The standard InChI is InChI=1S/C56H56N2/c1-5-15-41-23-31-45(32-24-41)53-39-51(55(57(53)49-19-11-9-12-20-49)47-35-27-43(17-7-3)28-36-47)52-40-54(46-33-25-42(16-6-2)26-34-46)58(50-21-13-10-14-22-50)56(52)48-37-29-44(18-8-4)30-38-48/h9-14,19-40H,5-8,15-18H2,1-4H3. The summed E-state index contributed by atoms with van der Waals surface area (Å²) in [5, 5.41) is 0. The molecule has 0 atom stereocenters. The number of rotatable bonds is 15. The summed E-state index contributed by atoms with van der Waals surface area (Å²) in [7, 11) is 0. The summed E-state index contributed by atoms with van der Waals surface area (Å²) in [6, 6.07) is 64.0. The first-order chi connectivity index (χ1) is 28.6. The van der Waals surface area contributed by atoms with E-state index in [1.165, 1.54) is 78.4 Å². The fourth-order valence-electron chi connectivity index (χ4n) is 8.61. The van der Waals surface area contributed by atoms with Gasteiger partial charge in [0.05, 0.1) is 22.8 Å². The Kier molecular flexibility index (Phi) is 12.0. The summed E-state index contributed by atoms with van der Waals surface area (Å²) in [6.45, 7) is 9.02. The molecular formula is C56H56N2. The molecule has 58 heavy (non-hydrogen) atoms. The highest BCUT2D eigenvalue weighted by Crippen LogP contribution is 2.48. The van der Waals surface area contributed by atoms with Gasteiger partial charge in [-0.3, -0.25) is 0 Å². The Labute approximate surface area is 346 Å². The minimum absolute atomic E-state index is 1.07. The van der Waals surface area contributed by atoms with Gasteiger partial charge in [0.15, 0.2) is 0 Å². The number of nitrogens with zero attached hydrogens (tertiary/aromatic N) is 2. The maximum atomic E-state index is 2.51. The predicted octanol–water partition coefficient (Wildman–Crippen LogP) is 15.4. The SMILES string of the molecule is CCCc1ccc(-c2cc(-c3cc(-c4ccc(CCC)cc4)n(-c4ccccc4)c3-c3ccc(CCC)cc3)c(-c3ccc(CCC)cc3)n2-c2ccccc2)cc1. The Morgan fingerprint density at radius 1 is 0.310 bits per heavy atom. The summed E-state index contributed by atoms with van der Waals surface area (Å²) in [6.07, 6.45) is 8.81. The Morgan fingerprint density at radius 2 is 0.586 bits per heavy atom. The fraction of sp³-hybridized carbons (Fsp3) is 0.214. The molecule has 0 bridgehead atoms. The summed E-state index contributed by atoms with van der Waals surface area (Å²) >= 11 is 0. The molecule has 0 radical (unpaired) electrons. The lowest BCUT2D eigenvalue weighted by Crippen LogP contribution is -2.01. The van der Waals surface area contributed by atoms with Crippen molar-refractivity contribution in [3.05, 3.63) is 192 Å². The highest BCUT2D eigenvalue weighted by molar-refractivity contribution is 5.97. The molecule has 0 aliphatic heterocycles. The maximum absolute atomic E-state index is 2.51. The highest BCUT2D eigenvalue weighted by Gasteiger charge is 2.27. The van der Waals surface area contributed by atoms with Crippen LogP contribution in [-0.4, -0.2) is 9.13 Å². The van der Waals surface area contributed by atoms with Crippen LogP contribution in [0.3, 0.4) is 0 Å². The number of benzene rings is 6. The van der Waals surface area contributed by atoms with Crippen LogP contribution in [0.5, 0.6) is 0 Å². The van der Waals surface area contributed by atoms with Crippen molar-refractivity contribution in [2.75, 3.05) is 0 Å². The van der Waals surface area contributed by atoms with Gasteiger partial charge in [0.25, 0.3) is 0 Å². The van der Waals surface area contributed by atoms with E-state index in [4.69, 9.17) is 0 Å². The third kappa shape index (κ3) is 8.02. The zero-order valence-corrected chi connectivity index (χ0v) is 34.7. The molecule has 2 heterocycles. The lowest BCUT2D eigenvalue weighted by molar-refractivity contribution is 0.921. The highest BCUT2D eigenvalue weighted by atomic mass is 15.0. The summed E-state index contributed by atoms with van der Waals surface area (Å²) < 4.78 is 5.01. The van der Waals surface area contributed by atoms with Crippen LogP contribution >= 0.6 is 0 Å². The molecule has 0 aliphatic rings. The molecule has 2 heteroatoms. The zero-order valence-electron chi connectivity index (χ0n) is 34.7. The predicted molar refractivity (Wildman–Crippen MR) is 248 cm³/mol. The second kappa shape index (κ2) is 18.0. The number of aryl methyl sites for hydroxylation is 4. The first-order valence-corrected chi connectivity index (χ1v) is 21.6. The van der Waals surface area contributed by atoms with Crippen LogP contribution in [0.25, 0.3) is 67.5 Å². The van der Waals surface area contributed by atoms with Crippen molar-refractivity contribution in [2.45, 2.75) is 79.1 Å². The van der Waals surface area contributed by atoms with E-state index in [-0.39, 0.29) is 0 Å². The summed E-state index contributed by atoms with van der Waals surface area (Å²) in [5.41, 5.74) is 19.8. The average Bonchev–Trinajstić information content (AvgIpc) is 3.86. The molecule has 0 N–H and O–H groups in total. The van der Waals surface area contributed by atoms with Gasteiger partial charge in [-0.25, -0.2) is 0 Å². The van der Waals surface area contributed by atoms with E-state index in [1.807, 2.05) is 0 Å². The summed E-state index contributed by atoms with van der Waals surface area (Å²) in [5.74, 6) is 0. The fourth-order valence-corrected chi connectivity index (χ4v) is 8.61. The van der Waals surface area contributed by atoms with Gasteiger partial charge in [0.1, 0.15) is 0 Å².